The molecule has 3 heteroatoms. The molecule has 3 nitrogen and oxygen atoms in total. The first-order valence-corrected chi connectivity index (χ1v) is 7.74. The van der Waals surface area contributed by atoms with Crippen molar-refractivity contribution >= 4 is 0 Å². The van der Waals surface area contributed by atoms with Gasteiger partial charge in [0.05, 0.1) is 20.3 Å². The van der Waals surface area contributed by atoms with Gasteiger partial charge in [-0.2, -0.15) is 0 Å². The van der Waals surface area contributed by atoms with E-state index >= 15 is 0 Å². The molecule has 2 aromatic carbocycles. The maximum atomic E-state index is 5.37. The summed E-state index contributed by atoms with van der Waals surface area (Å²) in [6.07, 6.45) is 1.05. The van der Waals surface area contributed by atoms with E-state index < -0.39 is 0 Å². The molecule has 0 N–H and O–H groups in total. The fourth-order valence-corrected chi connectivity index (χ4v) is 2.89. The molecule has 0 fully saturated rings. The molecule has 1 unspecified atom stereocenters. The van der Waals surface area contributed by atoms with Crippen LogP contribution in [0.5, 0.6) is 11.5 Å². The molecule has 0 saturated carbocycles. The topological polar surface area (TPSA) is 21.7 Å². The van der Waals surface area contributed by atoms with Crippen LogP contribution in [0.3, 0.4) is 0 Å². The SMILES string of the molecule is COc1cccc(C#CC2c3cc(OC)ccc3CCN2C)c1. The monoisotopic (exact) mass is 307 g/mol. The molecule has 1 heterocycles. The number of benzene rings is 2. The van der Waals surface area contributed by atoms with E-state index in [2.05, 4.69) is 35.9 Å². The second-order valence-corrected chi connectivity index (χ2v) is 5.70. The van der Waals surface area contributed by atoms with E-state index in [9.17, 15) is 0 Å². The normalized spacial score (nSPS) is 16.9. The van der Waals surface area contributed by atoms with Crippen molar-refractivity contribution in [2.45, 2.75) is 12.5 Å². The van der Waals surface area contributed by atoms with Gasteiger partial charge in [-0.3, -0.25) is 4.90 Å². The van der Waals surface area contributed by atoms with Crippen LogP contribution in [0.4, 0.5) is 0 Å². The molecule has 1 atom stereocenters. The van der Waals surface area contributed by atoms with Crippen molar-refractivity contribution in [3.05, 3.63) is 59.2 Å². The van der Waals surface area contributed by atoms with E-state index in [1.54, 1.807) is 14.2 Å². The summed E-state index contributed by atoms with van der Waals surface area (Å²) in [7, 11) is 5.49. The van der Waals surface area contributed by atoms with E-state index in [1.165, 1.54) is 11.1 Å². The predicted molar refractivity (Wildman–Crippen MR) is 91.9 cm³/mol. The van der Waals surface area contributed by atoms with Crippen molar-refractivity contribution < 1.29 is 9.47 Å². The third-order valence-electron chi connectivity index (χ3n) is 4.25. The number of fused-ring (bicyclic) bond motifs is 1. The van der Waals surface area contributed by atoms with Crippen LogP contribution in [0.15, 0.2) is 42.5 Å². The molecule has 2 aromatic rings. The van der Waals surface area contributed by atoms with Crippen LogP contribution in [0, 0.1) is 11.8 Å². The van der Waals surface area contributed by atoms with Gasteiger partial charge < -0.3 is 9.47 Å². The molecule has 23 heavy (non-hydrogen) atoms. The molecule has 118 valence electrons. The zero-order valence-electron chi connectivity index (χ0n) is 13.8. The summed E-state index contributed by atoms with van der Waals surface area (Å²) in [6, 6.07) is 14.2. The van der Waals surface area contributed by atoms with Gasteiger partial charge in [0.2, 0.25) is 0 Å². The van der Waals surface area contributed by atoms with Gasteiger partial charge in [-0.25, -0.2) is 0 Å². The maximum Gasteiger partial charge on any atom is 0.120 e. The highest BCUT2D eigenvalue weighted by molar-refractivity contribution is 5.46. The Hall–Kier alpha value is -2.44. The van der Waals surface area contributed by atoms with E-state index in [-0.39, 0.29) is 6.04 Å². The molecular formula is C20H21NO2. The van der Waals surface area contributed by atoms with Crippen molar-refractivity contribution in [1.82, 2.24) is 4.90 Å². The van der Waals surface area contributed by atoms with Gasteiger partial charge in [0, 0.05) is 12.1 Å². The summed E-state index contributed by atoms with van der Waals surface area (Å²) in [5.41, 5.74) is 3.56. The van der Waals surface area contributed by atoms with Crippen LogP contribution in [0.1, 0.15) is 22.7 Å². The second kappa shape index (κ2) is 6.76. The molecular weight excluding hydrogens is 286 g/mol. The maximum absolute atomic E-state index is 5.37. The lowest BCUT2D eigenvalue weighted by Gasteiger charge is -2.31. The Morgan fingerprint density at radius 3 is 2.61 bits per heavy atom. The molecule has 0 amide bonds. The third kappa shape index (κ3) is 3.33. The Labute approximate surface area is 137 Å². The Morgan fingerprint density at radius 2 is 1.83 bits per heavy atom. The lowest BCUT2D eigenvalue weighted by Crippen LogP contribution is -2.31. The standard InChI is InChI=1S/C20H21NO2/c1-21-12-11-16-8-9-18(23-3)14-19(16)20(21)10-7-15-5-4-6-17(13-15)22-2/h4-6,8-9,13-14,20H,11-12H2,1-3H3. The third-order valence-corrected chi connectivity index (χ3v) is 4.25. The molecule has 0 aliphatic carbocycles. The van der Waals surface area contributed by atoms with Gasteiger partial charge in [0.1, 0.15) is 11.5 Å². The van der Waals surface area contributed by atoms with Crippen LogP contribution in [0.2, 0.25) is 0 Å². The van der Waals surface area contributed by atoms with E-state index in [0.29, 0.717) is 0 Å². The quantitative estimate of drug-likeness (QED) is 0.795. The lowest BCUT2D eigenvalue weighted by atomic mass is 9.93. The number of ether oxygens (including phenoxy) is 2. The first kappa shape index (κ1) is 15.5. The molecule has 1 aliphatic heterocycles. The fraction of sp³-hybridized carbons (Fsp3) is 0.300. The van der Waals surface area contributed by atoms with Crippen LogP contribution in [-0.4, -0.2) is 32.7 Å². The van der Waals surface area contributed by atoms with Crippen molar-refractivity contribution in [1.29, 1.82) is 0 Å². The molecule has 0 aromatic heterocycles. The Morgan fingerprint density at radius 1 is 1.04 bits per heavy atom. The van der Waals surface area contributed by atoms with Crippen molar-refractivity contribution in [3.8, 4) is 23.3 Å². The van der Waals surface area contributed by atoms with Crippen LogP contribution in [-0.2, 0) is 6.42 Å². The van der Waals surface area contributed by atoms with Crippen molar-refractivity contribution in [2.75, 3.05) is 27.8 Å². The summed E-state index contributed by atoms with van der Waals surface area (Å²) in [4.78, 5) is 2.29. The van der Waals surface area contributed by atoms with Gasteiger partial charge in [0.15, 0.2) is 0 Å². The van der Waals surface area contributed by atoms with Crippen LogP contribution < -0.4 is 9.47 Å². The Kier molecular flexibility index (Phi) is 4.55. The number of rotatable bonds is 2. The van der Waals surface area contributed by atoms with Gasteiger partial charge >= 0.3 is 0 Å². The minimum absolute atomic E-state index is 0.0834. The summed E-state index contributed by atoms with van der Waals surface area (Å²) in [6.45, 7) is 1.01. The molecule has 0 spiro atoms. The van der Waals surface area contributed by atoms with E-state index in [4.69, 9.17) is 9.47 Å². The highest BCUT2D eigenvalue weighted by Gasteiger charge is 2.23. The first-order chi connectivity index (χ1) is 11.2. The summed E-state index contributed by atoms with van der Waals surface area (Å²) in [5, 5.41) is 0. The van der Waals surface area contributed by atoms with Crippen molar-refractivity contribution in [3.63, 3.8) is 0 Å². The highest BCUT2D eigenvalue weighted by atomic mass is 16.5. The van der Waals surface area contributed by atoms with Gasteiger partial charge in [-0.15, -0.1) is 0 Å². The Bertz CT molecular complexity index is 758. The van der Waals surface area contributed by atoms with Crippen LogP contribution >= 0.6 is 0 Å². The largest absolute Gasteiger partial charge is 0.497 e. The van der Waals surface area contributed by atoms with E-state index in [0.717, 1.165) is 30.0 Å². The number of methoxy groups -OCH3 is 2. The number of hydrogen-bond donors (Lipinski definition) is 0. The lowest BCUT2D eigenvalue weighted by molar-refractivity contribution is 0.278. The minimum Gasteiger partial charge on any atom is -0.497 e. The number of nitrogens with zero attached hydrogens (tertiary/aromatic N) is 1. The number of likely N-dealkylation sites (N-methyl/N-ethyl adjacent to an activating group) is 1. The predicted octanol–water partition coefficient (Wildman–Crippen LogP) is 3.28. The average molecular weight is 307 g/mol. The van der Waals surface area contributed by atoms with E-state index in [1.807, 2.05) is 30.3 Å². The molecule has 1 aliphatic rings. The first-order valence-electron chi connectivity index (χ1n) is 7.74. The molecule has 0 saturated heterocycles. The minimum atomic E-state index is 0.0834. The molecule has 3 rings (SSSR count). The van der Waals surface area contributed by atoms with Gasteiger partial charge in [-0.1, -0.05) is 24.0 Å². The Balaban J connectivity index is 1.95. The summed E-state index contributed by atoms with van der Waals surface area (Å²) in [5.74, 6) is 8.41. The van der Waals surface area contributed by atoms with Crippen LogP contribution in [0.25, 0.3) is 0 Å². The zero-order valence-corrected chi connectivity index (χ0v) is 13.8. The zero-order chi connectivity index (χ0) is 16.2. The van der Waals surface area contributed by atoms with Gasteiger partial charge in [0.25, 0.3) is 0 Å². The second-order valence-electron chi connectivity index (χ2n) is 5.70. The highest BCUT2D eigenvalue weighted by Crippen LogP contribution is 2.31. The fourth-order valence-electron chi connectivity index (χ4n) is 2.89. The smallest absolute Gasteiger partial charge is 0.120 e. The molecule has 0 radical (unpaired) electrons. The van der Waals surface area contributed by atoms with Crippen molar-refractivity contribution in [2.24, 2.45) is 0 Å². The number of hydrogen-bond acceptors (Lipinski definition) is 3. The average Bonchev–Trinajstić information content (AvgIpc) is 2.60. The summed E-state index contributed by atoms with van der Waals surface area (Å²) >= 11 is 0. The summed E-state index contributed by atoms with van der Waals surface area (Å²) < 4.78 is 10.6. The molecule has 0 bridgehead atoms. The van der Waals surface area contributed by atoms with Gasteiger partial charge in [-0.05, 0) is 54.9 Å².